The number of carbonyl (C=O) groups is 1. The van der Waals surface area contributed by atoms with Gasteiger partial charge < -0.3 is 14.7 Å². The molecule has 1 aliphatic rings. The zero-order valence-electron chi connectivity index (χ0n) is 16.1. The summed E-state index contributed by atoms with van der Waals surface area (Å²) in [6.45, 7) is 3.99. The summed E-state index contributed by atoms with van der Waals surface area (Å²) in [7, 11) is 1.92. The van der Waals surface area contributed by atoms with Crippen molar-refractivity contribution in [2.75, 3.05) is 39.8 Å². The van der Waals surface area contributed by atoms with Gasteiger partial charge in [-0.05, 0) is 57.3 Å². The van der Waals surface area contributed by atoms with Crippen molar-refractivity contribution >= 4 is 16.7 Å². The summed E-state index contributed by atoms with van der Waals surface area (Å²) in [6.07, 6.45) is 4.23. The third-order valence-corrected chi connectivity index (χ3v) is 5.42. The lowest BCUT2D eigenvalue weighted by molar-refractivity contribution is -0.138. The van der Waals surface area contributed by atoms with Crippen molar-refractivity contribution in [1.29, 1.82) is 0 Å². The van der Waals surface area contributed by atoms with E-state index < -0.39 is 5.97 Å². The van der Waals surface area contributed by atoms with Gasteiger partial charge in [0.15, 0.2) is 0 Å². The molecule has 5 nitrogen and oxygen atoms in total. The zero-order chi connectivity index (χ0) is 19.1. The minimum absolute atomic E-state index is 0.129. The molecule has 3 rings (SSSR count). The van der Waals surface area contributed by atoms with Crippen molar-refractivity contribution in [3.63, 3.8) is 0 Å². The molecule has 27 heavy (non-hydrogen) atoms. The van der Waals surface area contributed by atoms with Crippen LogP contribution in [0, 0.1) is 0 Å². The standard InChI is InChI=1S/C22H30N2O3/c1-23(17-22(25)26)19-9-5-13-24(15-12-19)14-6-16-27-21-11-4-8-18-7-2-3-10-20(18)21/h2-4,7-8,10-11,19H,5-6,9,12-17H2,1H3,(H,25,26). The molecule has 5 heteroatoms. The number of hydrogen-bond donors (Lipinski definition) is 1. The van der Waals surface area contributed by atoms with Crippen molar-refractivity contribution in [3.05, 3.63) is 42.5 Å². The van der Waals surface area contributed by atoms with Crippen molar-refractivity contribution < 1.29 is 14.6 Å². The predicted molar refractivity (Wildman–Crippen MR) is 108 cm³/mol. The molecule has 0 saturated carbocycles. The Bertz CT molecular complexity index is 744. The summed E-state index contributed by atoms with van der Waals surface area (Å²) in [4.78, 5) is 15.4. The van der Waals surface area contributed by atoms with E-state index in [4.69, 9.17) is 9.84 Å². The lowest BCUT2D eigenvalue weighted by atomic mass is 10.1. The van der Waals surface area contributed by atoms with E-state index in [1.54, 1.807) is 0 Å². The minimum Gasteiger partial charge on any atom is -0.493 e. The summed E-state index contributed by atoms with van der Waals surface area (Å²) in [5.74, 6) is 0.212. The van der Waals surface area contributed by atoms with E-state index in [1.165, 1.54) is 10.8 Å². The van der Waals surface area contributed by atoms with Crippen LogP contribution in [0.1, 0.15) is 25.7 Å². The monoisotopic (exact) mass is 370 g/mol. The number of rotatable bonds is 8. The van der Waals surface area contributed by atoms with Gasteiger partial charge in [0.05, 0.1) is 13.2 Å². The maximum atomic E-state index is 10.9. The summed E-state index contributed by atoms with van der Waals surface area (Å²) in [6, 6.07) is 14.9. The number of aliphatic carboxylic acids is 1. The molecule has 0 radical (unpaired) electrons. The first kappa shape index (κ1) is 19.6. The molecule has 146 valence electrons. The van der Waals surface area contributed by atoms with Gasteiger partial charge in [-0.2, -0.15) is 0 Å². The van der Waals surface area contributed by atoms with E-state index in [-0.39, 0.29) is 6.54 Å². The van der Waals surface area contributed by atoms with Gasteiger partial charge in [0.2, 0.25) is 0 Å². The van der Waals surface area contributed by atoms with Crippen LogP contribution in [-0.4, -0.2) is 66.8 Å². The molecule has 0 bridgehead atoms. The smallest absolute Gasteiger partial charge is 0.317 e. The van der Waals surface area contributed by atoms with Crippen molar-refractivity contribution in [3.8, 4) is 5.75 Å². The lowest BCUT2D eigenvalue weighted by Gasteiger charge is -2.25. The molecule has 0 aliphatic carbocycles. The highest BCUT2D eigenvalue weighted by Crippen LogP contribution is 2.25. The van der Waals surface area contributed by atoms with Gasteiger partial charge in [-0.15, -0.1) is 0 Å². The lowest BCUT2D eigenvalue weighted by Crippen LogP contribution is -2.36. The largest absolute Gasteiger partial charge is 0.493 e. The van der Waals surface area contributed by atoms with Gasteiger partial charge >= 0.3 is 5.97 Å². The first-order valence-electron chi connectivity index (χ1n) is 9.88. The summed E-state index contributed by atoms with van der Waals surface area (Å²) in [5, 5.41) is 11.3. The van der Waals surface area contributed by atoms with Crippen LogP contribution in [-0.2, 0) is 4.79 Å². The molecule has 1 atom stereocenters. The van der Waals surface area contributed by atoms with E-state index >= 15 is 0 Å². The molecular weight excluding hydrogens is 340 g/mol. The number of nitrogens with zero attached hydrogens (tertiary/aromatic N) is 2. The molecule has 1 aliphatic heterocycles. The highest BCUT2D eigenvalue weighted by atomic mass is 16.5. The fourth-order valence-electron chi connectivity index (χ4n) is 3.94. The van der Waals surface area contributed by atoms with Crippen LogP contribution in [0.25, 0.3) is 10.8 Å². The van der Waals surface area contributed by atoms with Gasteiger partial charge in [0.1, 0.15) is 5.75 Å². The predicted octanol–water partition coefficient (Wildman–Crippen LogP) is 3.48. The number of carboxylic acids is 1. The number of ether oxygens (including phenoxy) is 1. The van der Waals surface area contributed by atoms with Crippen LogP contribution < -0.4 is 4.74 Å². The Labute approximate surface area is 161 Å². The van der Waals surface area contributed by atoms with Gasteiger partial charge in [-0.1, -0.05) is 36.4 Å². The van der Waals surface area contributed by atoms with E-state index in [2.05, 4.69) is 23.1 Å². The molecule has 0 amide bonds. The van der Waals surface area contributed by atoms with Gasteiger partial charge in [0.25, 0.3) is 0 Å². The molecular formula is C22H30N2O3. The molecule has 0 spiro atoms. The number of likely N-dealkylation sites (N-methyl/N-ethyl adjacent to an activating group) is 1. The summed E-state index contributed by atoms with van der Waals surface area (Å²) >= 11 is 0. The fraction of sp³-hybridized carbons (Fsp3) is 0.500. The Kier molecular flexibility index (Phi) is 7.07. The first-order valence-corrected chi connectivity index (χ1v) is 9.88. The third kappa shape index (κ3) is 5.68. The number of likely N-dealkylation sites (tertiary alicyclic amines) is 1. The highest BCUT2D eigenvalue weighted by molar-refractivity contribution is 5.88. The number of hydrogen-bond acceptors (Lipinski definition) is 4. The second kappa shape index (κ2) is 9.72. The van der Waals surface area contributed by atoms with Crippen LogP contribution in [0.5, 0.6) is 5.75 Å². The molecule has 0 aromatic heterocycles. The SMILES string of the molecule is CN(CC(=O)O)C1CCCN(CCCOc2cccc3ccccc23)CC1. The Balaban J connectivity index is 1.42. The Morgan fingerprint density at radius 1 is 1.19 bits per heavy atom. The number of benzene rings is 2. The first-order chi connectivity index (χ1) is 13.1. The Morgan fingerprint density at radius 3 is 2.85 bits per heavy atom. The number of carboxylic acid groups (broad SMARTS) is 1. The van der Waals surface area contributed by atoms with Crippen LogP contribution in [0.2, 0.25) is 0 Å². The van der Waals surface area contributed by atoms with Gasteiger partial charge in [0, 0.05) is 18.0 Å². The topological polar surface area (TPSA) is 53.0 Å². The highest BCUT2D eigenvalue weighted by Gasteiger charge is 2.21. The molecule has 2 aromatic rings. The van der Waals surface area contributed by atoms with Gasteiger partial charge in [-0.25, -0.2) is 0 Å². The van der Waals surface area contributed by atoms with Crippen LogP contribution in [0.4, 0.5) is 0 Å². The van der Waals surface area contributed by atoms with Crippen molar-refractivity contribution in [2.45, 2.75) is 31.7 Å². The molecule has 1 heterocycles. The normalized spacial score (nSPS) is 18.5. The van der Waals surface area contributed by atoms with E-state index in [0.29, 0.717) is 12.6 Å². The van der Waals surface area contributed by atoms with Crippen molar-refractivity contribution in [1.82, 2.24) is 9.80 Å². The quantitative estimate of drug-likeness (QED) is 0.721. The van der Waals surface area contributed by atoms with E-state index in [9.17, 15) is 4.79 Å². The van der Waals surface area contributed by atoms with Crippen molar-refractivity contribution in [2.24, 2.45) is 0 Å². The zero-order valence-corrected chi connectivity index (χ0v) is 16.1. The molecule has 1 unspecified atom stereocenters. The third-order valence-electron chi connectivity index (χ3n) is 5.42. The van der Waals surface area contributed by atoms with E-state index in [0.717, 1.165) is 51.1 Å². The Hall–Kier alpha value is -2.11. The van der Waals surface area contributed by atoms with Crippen LogP contribution in [0.3, 0.4) is 0 Å². The maximum absolute atomic E-state index is 10.9. The Morgan fingerprint density at radius 2 is 2.00 bits per heavy atom. The maximum Gasteiger partial charge on any atom is 0.317 e. The summed E-state index contributed by atoms with van der Waals surface area (Å²) in [5.41, 5.74) is 0. The van der Waals surface area contributed by atoms with E-state index in [1.807, 2.05) is 36.2 Å². The summed E-state index contributed by atoms with van der Waals surface area (Å²) < 4.78 is 6.04. The second-order valence-electron chi connectivity index (χ2n) is 7.41. The molecule has 1 N–H and O–H groups in total. The molecule has 2 aromatic carbocycles. The van der Waals surface area contributed by atoms with Crippen LogP contribution in [0.15, 0.2) is 42.5 Å². The fourth-order valence-corrected chi connectivity index (χ4v) is 3.94. The minimum atomic E-state index is -0.746. The van der Waals surface area contributed by atoms with Gasteiger partial charge in [-0.3, -0.25) is 9.69 Å². The average Bonchev–Trinajstić information content (AvgIpc) is 2.90. The van der Waals surface area contributed by atoms with Crippen LogP contribution >= 0.6 is 0 Å². The second-order valence-corrected chi connectivity index (χ2v) is 7.41. The average molecular weight is 370 g/mol. The number of fused-ring (bicyclic) bond motifs is 1. The molecule has 1 fully saturated rings. The molecule has 1 saturated heterocycles.